The Morgan fingerprint density at radius 2 is 1.44 bits per heavy atom. The maximum Gasteiger partial charge on any atom is 0.244 e. The van der Waals surface area contributed by atoms with Crippen molar-refractivity contribution in [2.75, 3.05) is 31.5 Å². The molecule has 0 aromatic heterocycles. The second-order valence-electron chi connectivity index (χ2n) is 8.25. The monoisotopic (exact) mass is 429 g/mol. The average molecular weight is 430 g/mol. The van der Waals surface area contributed by atoms with Crippen LogP contribution in [-0.4, -0.2) is 47.9 Å². The van der Waals surface area contributed by atoms with E-state index in [1.165, 1.54) is 5.56 Å². The van der Waals surface area contributed by atoms with E-state index in [4.69, 9.17) is 4.74 Å². The molecule has 0 aliphatic carbocycles. The zero-order valence-electron chi connectivity index (χ0n) is 18.6. The highest BCUT2D eigenvalue weighted by Gasteiger charge is 2.24. The van der Waals surface area contributed by atoms with Crippen LogP contribution in [-0.2, 0) is 17.9 Å². The number of amides is 1. The first-order valence-electron chi connectivity index (χ1n) is 11.3. The molecule has 32 heavy (non-hydrogen) atoms. The Bertz CT molecular complexity index is 969. The van der Waals surface area contributed by atoms with Crippen LogP contribution < -0.4 is 10.1 Å². The summed E-state index contributed by atoms with van der Waals surface area (Å²) in [4.78, 5) is 17.3. The Morgan fingerprint density at radius 3 is 2.06 bits per heavy atom. The summed E-state index contributed by atoms with van der Waals surface area (Å²) in [5.41, 5.74) is 3.37. The van der Waals surface area contributed by atoms with E-state index in [1.807, 2.05) is 72.5 Å². The predicted molar refractivity (Wildman–Crippen MR) is 129 cm³/mol. The first kappa shape index (κ1) is 21.9. The Balaban J connectivity index is 1.22. The minimum atomic E-state index is -0.272. The number of nitrogens with zero attached hydrogens (tertiary/aromatic N) is 2. The summed E-state index contributed by atoms with van der Waals surface area (Å²) in [7, 11) is 0. The van der Waals surface area contributed by atoms with Crippen molar-refractivity contribution < 1.29 is 9.53 Å². The van der Waals surface area contributed by atoms with Crippen molar-refractivity contribution in [1.82, 2.24) is 9.80 Å². The molecular weight excluding hydrogens is 398 g/mol. The molecule has 3 aromatic carbocycles. The van der Waals surface area contributed by atoms with Crippen LogP contribution in [0.3, 0.4) is 0 Å². The molecule has 1 atom stereocenters. The van der Waals surface area contributed by atoms with Gasteiger partial charge in [-0.15, -0.1) is 0 Å². The van der Waals surface area contributed by atoms with Gasteiger partial charge in [0.05, 0.1) is 0 Å². The lowest BCUT2D eigenvalue weighted by Crippen LogP contribution is -2.51. The van der Waals surface area contributed by atoms with Crippen LogP contribution in [0.1, 0.15) is 18.1 Å². The average Bonchev–Trinajstić information content (AvgIpc) is 2.85. The first-order chi connectivity index (χ1) is 15.7. The molecule has 1 fully saturated rings. The van der Waals surface area contributed by atoms with Gasteiger partial charge in [-0.1, -0.05) is 60.7 Å². The molecule has 1 aliphatic rings. The van der Waals surface area contributed by atoms with Crippen LogP contribution in [0.5, 0.6) is 5.75 Å². The van der Waals surface area contributed by atoms with Gasteiger partial charge in [0.25, 0.3) is 0 Å². The van der Waals surface area contributed by atoms with Crippen molar-refractivity contribution in [3.05, 3.63) is 96.1 Å². The van der Waals surface area contributed by atoms with Crippen molar-refractivity contribution >= 4 is 11.6 Å². The third-order valence-electron chi connectivity index (χ3n) is 5.79. The number of hydrogen-bond donors (Lipinski definition) is 1. The lowest BCUT2D eigenvalue weighted by Gasteiger charge is -2.36. The van der Waals surface area contributed by atoms with Gasteiger partial charge in [0.2, 0.25) is 5.91 Å². The lowest BCUT2D eigenvalue weighted by atomic mass is 10.2. The van der Waals surface area contributed by atoms with Crippen molar-refractivity contribution in [3.8, 4) is 5.75 Å². The van der Waals surface area contributed by atoms with Crippen LogP contribution in [0, 0.1) is 0 Å². The highest BCUT2D eigenvalue weighted by atomic mass is 16.5. The molecule has 0 saturated carbocycles. The number of nitrogens with one attached hydrogen (secondary N) is 1. The number of rotatable bonds is 8. The van der Waals surface area contributed by atoms with E-state index >= 15 is 0 Å². The quantitative estimate of drug-likeness (QED) is 0.576. The van der Waals surface area contributed by atoms with Gasteiger partial charge < -0.3 is 15.0 Å². The standard InChI is InChI=1S/C27H31N3O2/c1-22(27(31)30-18-16-29(17-19-30)20-23-8-4-2-5-9-23)28-25-12-14-26(15-13-25)32-21-24-10-6-3-7-11-24/h2-15,22,28H,16-21H2,1H3/t22-/m0/s1. The molecule has 1 aliphatic heterocycles. The molecule has 0 spiro atoms. The van der Waals surface area contributed by atoms with Crippen molar-refractivity contribution in [1.29, 1.82) is 0 Å². The molecule has 0 radical (unpaired) electrons. The summed E-state index contributed by atoms with van der Waals surface area (Å²) < 4.78 is 5.84. The number of carbonyl (C=O) groups excluding carboxylic acids is 1. The number of hydrogen-bond acceptors (Lipinski definition) is 4. The fourth-order valence-electron chi connectivity index (χ4n) is 3.94. The topological polar surface area (TPSA) is 44.8 Å². The fraction of sp³-hybridized carbons (Fsp3) is 0.296. The molecule has 5 heteroatoms. The van der Waals surface area contributed by atoms with Gasteiger partial charge in [0.1, 0.15) is 18.4 Å². The molecule has 166 valence electrons. The number of ether oxygens (including phenoxy) is 1. The Morgan fingerprint density at radius 1 is 0.844 bits per heavy atom. The predicted octanol–water partition coefficient (Wildman–Crippen LogP) is 4.41. The van der Waals surface area contributed by atoms with E-state index in [9.17, 15) is 4.79 Å². The molecule has 1 heterocycles. The summed E-state index contributed by atoms with van der Waals surface area (Å²) in [6.07, 6.45) is 0. The molecule has 3 aromatic rings. The van der Waals surface area contributed by atoms with Crippen LogP contribution in [0.2, 0.25) is 0 Å². The van der Waals surface area contributed by atoms with E-state index in [-0.39, 0.29) is 11.9 Å². The van der Waals surface area contributed by atoms with Gasteiger partial charge in [0.15, 0.2) is 0 Å². The van der Waals surface area contributed by atoms with Gasteiger partial charge in [0, 0.05) is 38.4 Å². The second kappa shape index (κ2) is 10.8. The van der Waals surface area contributed by atoms with Crippen molar-refractivity contribution in [3.63, 3.8) is 0 Å². The van der Waals surface area contributed by atoms with Crippen LogP contribution >= 0.6 is 0 Å². The minimum Gasteiger partial charge on any atom is -0.489 e. The molecule has 5 nitrogen and oxygen atoms in total. The molecular formula is C27H31N3O2. The summed E-state index contributed by atoms with van der Waals surface area (Å²) in [5.74, 6) is 0.960. The van der Waals surface area contributed by atoms with Gasteiger partial charge in [-0.05, 0) is 42.3 Å². The van der Waals surface area contributed by atoms with Crippen molar-refractivity contribution in [2.45, 2.75) is 26.1 Å². The highest BCUT2D eigenvalue weighted by Crippen LogP contribution is 2.18. The van der Waals surface area contributed by atoms with E-state index in [1.54, 1.807) is 0 Å². The number of carbonyl (C=O) groups is 1. The maximum absolute atomic E-state index is 12.9. The van der Waals surface area contributed by atoms with Crippen LogP contribution in [0.4, 0.5) is 5.69 Å². The molecule has 0 bridgehead atoms. The van der Waals surface area contributed by atoms with Gasteiger partial charge in [-0.2, -0.15) is 0 Å². The Hall–Kier alpha value is -3.31. The van der Waals surface area contributed by atoms with Gasteiger partial charge >= 0.3 is 0 Å². The van der Waals surface area contributed by atoms with Crippen molar-refractivity contribution in [2.24, 2.45) is 0 Å². The SMILES string of the molecule is C[C@H](Nc1ccc(OCc2ccccc2)cc1)C(=O)N1CCN(Cc2ccccc2)CC1. The smallest absolute Gasteiger partial charge is 0.244 e. The zero-order valence-corrected chi connectivity index (χ0v) is 18.6. The van der Waals surface area contributed by atoms with E-state index in [0.717, 1.165) is 49.7 Å². The largest absolute Gasteiger partial charge is 0.489 e. The second-order valence-corrected chi connectivity index (χ2v) is 8.25. The van der Waals surface area contributed by atoms with E-state index < -0.39 is 0 Å². The first-order valence-corrected chi connectivity index (χ1v) is 11.3. The van der Waals surface area contributed by atoms with E-state index in [0.29, 0.717) is 6.61 Å². The number of anilines is 1. The summed E-state index contributed by atoms with van der Waals surface area (Å²) in [6.45, 7) is 6.75. The van der Waals surface area contributed by atoms with E-state index in [2.05, 4.69) is 34.5 Å². The molecule has 1 saturated heterocycles. The third-order valence-corrected chi connectivity index (χ3v) is 5.79. The Kier molecular flexibility index (Phi) is 7.41. The Labute approximate surface area is 190 Å². The summed E-state index contributed by atoms with van der Waals surface area (Å²) in [6, 6.07) is 28.1. The maximum atomic E-state index is 12.9. The minimum absolute atomic E-state index is 0.147. The third kappa shape index (κ3) is 6.11. The van der Waals surface area contributed by atoms with Gasteiger partial charge in [-0.3, -0.25) is 9.69 Å². The molecule has 1 N–H and O–H groups in total. The number of piperazine rings is 1. The summed E-state index contributed by atoms with van der Waals surface area (Å²) >= 11 is 0. The normalized spacial score (nSPS) is 15.2. The van der Waals surface area contributed by atoms with Crippen LogP contribution in [0.15, 0.2) is 84.9 Å². The lowest BCUT2D eigenvalue weighted by molar-refractivity contribution is -0.133. The van der Waals surface area contributed by atoms with Gasteiger partial charge in [-0.25, -0.2) is 0 Å². The van der Waals surface area contributed by atoms with Crippen LogP contribution in [0.25, 0.3) is 0 Å². The molecule has 0 unspecified atom stereocenters. The highest BCUT2D eigenvalue weighted by molar-refractivity contribution is 5.84. The number of benzene rings is 3. The molecule has 4 rings (SSSR count). The molecule has 1 amide bonds. The summed E-state index contributed by atoms with van der Waals surface area (Å²) in [5, 5.41) is 3.33. The fourth-order valence-corrected chi connectivity index (χ4v) is 3.94. The zero-order chi connectivity index (χ0) is 22.2.